The summed E-state index contributed by atoms with van der Waals surface area (Å²) in [5, 5.41) is 22.6. The summed E-state index contributed by atoms with van der Waals surface area (Å²) >= 11 is 0. The van der Waals surface area contributed by atoms with Crippen LogP contribution in [0, 0.1) is 19.3 Å². The lowest BCUT2D eigenvalue weighted by Crippen LogP contribution is -2.47. The third-order valence-electron chi connectivity index (χ3n) is 5.03. The lowest BCUT2D eigenvalue weighted by molar-refractivity contribution is 0.0677. The normalized spacial score (nSPS) is 18.1. The highest BCUT2D eigenvalue weighted by atomic mass is 16.3. The van der Waals surface area contributed by atoms with Crippen LogP contribution in [0.1, 0.15) is 24.1 Å². The second-order valence-corrected chi connectivity index (χ2v) is 7.04. The number of piperidine rings is 1. The molecule has 7 heteroatoms. The summed E-state index contributed by atoms with van der Waals surface area (Å²) < 4.78 is 1.76. The minimum Gasteiger partial charge on any atom is -0.396 e. The molecule has 2 aromatic rings. The zero-order valence-corrected chi connectivity index (χ0v) is 14.5. The molecule has 0 aromatic carbocycles. The molecule has 1 saturated heterocycles. The number of aryl methyl sites for hydroxylation is 1. The molecule has 0 amide bonds. The maximum absolute atomic E-state index is 9.90. The van der Waals surface area contributed by atoms with E-state index in [0.29, 0.717) is 0 Å². The van der Waals surface area contributed by atoms with Gasteiger partial charge in [0.25, 0.3) is 0 Å². The zero-order chi connectivity index (χ0) is 16.6. The fourth-order valence-corrected chi connectivity index (χ4v) is 3.65. The SMILES string of the molecule is Cc1nn2cnnc2c(N2CCC(CO)(CN(C)C)CC2)c1C. The molecular weight excluding hydrogens is 292 g/mol. The van der Waals surface area contributed by atoms with Gasteiger partial charge in [-0.1, -0.05) is 0 Å². The number of nitrogens with zero attached hydrogens (tertiary/aromatic N) is 6. The van der Waals surface area contributed by atoms with Gasteiger partial charge in [0, 0.05) is 25.0 Å². The molecular formula is C16H26N6O. The smallest absolute Gasteiger partial charge is 0.201 e. The second kappa shape index (κ2) is 6.05. The van der Waals surface area contributed by atoms with E-state index in [4.69, 9.17) is 0 Å². The van der Waals surface area contributed by atoms with Gasteiger partial charge in [-0.25, -0.2) is 0 Å². The van der Waals surface area contributed by atoms with Crippen LogP contribution in [0.15, 0.2) is 6.33 Å². The minimum absolute atomic E-state index is 0.0000614. The summed E-state index contributed by atoms with van der Waals surface area (Å²) in [6.45, 7) is 7.12. The van der Waals surface area contributed by atoms with Gasteiger partial charge in [0.2, 0.25) is 5.65 Å². The van der Waals surface area contributed by atoms with Crippen LogP contribution in [0.5, 0.6) is 0 Å². The lowest BCUT2D eigenvalue weighted by atomic mass is 9.78. The van der Waals surface area contributed by atoms with Crippen LogP contribution in [-0.2, 0) is 0 Å². The topological polar surface area (TPSA) is 69.8 Å². The van der Waals surface area contributed by atoms with E-state index < -0.39 is 0 Å². The Kier molecular flexibility index (Phi) is 4.25. The standard InChI is InChI=1S/C16H26N6O/c1-12-13(2)19-22-11-17-18-15(22)14(12)21-7-5-16(10-23,6-8-21)9-20(3)4/h11,23H,5-10H2,1-4H3. The maximum atomic E-state index is 9.90. The minimum atomic E-state index is -0.0000614. The number of rotatable bonds is 4. The molecule has 2 aromatic heterocycles. The quantitative estimate of drug-likeness (QED) is 0.902. The fraction of sp³-hybridized carbons (Fsp3) is 0.688. The Morgan fingerprint density at radius 2 is 1.96 bits per heavy atom. The number of hydrogen-bond acceptors (Lipinski definition) is 6. The van der Waals surface area contributed by atoms with Crippen molar-refractivity contribution in [2.75, 3.05) is 45.2 Å². The van der Waals surface area contributed by atoms with E-state index in [9.17, 15) is 5.11 Å². The Bertz CT molecular complexity index is 687. The van der Waals surface area contributed by atoms with E-state index in [2.05, 4.69) is 46.1 Å². The van der Waals surface area contributed by atoms with Gasteiger partial charge in [-0.15, -0.1) is 10.2 Å². The Morgan fingerprint density at radius 3 is 2.57 bits per heavy atom. The molecule has 0 radical (unpaired) electrons. The van der Waals surface area contributed by atoms with Crippen molar-refractivity contribution in [2.24, 2.45) is 5.41 Å². The predicted molar refractivity (Wildman–Crippen MR) is 89.8 cm³/mol. The fourth-order valence-electron chi connectivity index (χ4n) is 3.65. The van der Waals surface area contributed by atoms with Crippen LogP contribution in [0.3, 0.4) is 0 Å². The zero-order valence-electron chi connectivity index (χ0n) is 14.5. The first-order chi connectivity index (χ1) is 11.0. The number of aromatic nitrogens is 4. The predicted octanol–water partition coefficient (Wildman–Crippen LogP) is 0.882. The summed E-state index contributed by atoms with van der Waals surface area (Å²) in [4.78, 5) is 4.54. The molecule has 7 nitrogen and oxygen atoms in total. The molecule has 3 rings (SSSR count). The highest BCUT2D eigenvalue weighted by Gasteiger charge is 2.35. The summed E-state index contributed by atoms with van der Waals surface area (Å²) in [6, 6.07) is 0. The van der Waals surface area contributed by atoms with Crippen LogP contribution < -0.4 is 4.90 Å². The Balaban J connectivity index is 1.88. The summed E-state index contributed by atoms with van der Waals surface area (Å²) in [5.41, 5.74) is 4.11. The highest BCUT2D eigenvalue weighted by Crippen LogP contribution is 2.36. The molecule has 1 aliphatic rings. The van der Waals surface area contributed by atoms with Crippen molar-refractivity contribution in [1.29, 1.82) is 0 Å². The van der Waals surface area contributed by atoms with Crippen molar-refractivity contribution in [3.05, 3.63) is 17.6 Å². The van der Waals surface area contributed by atoms with Crippen molar-refractivity contribution in [2.45, 2.75) is 26.7 Å². The third kappa shape index (κ3) is 2.90. The first-order valence-corrected chi connectivity index (χ1v) is 8.13. The molecule has 23 heavy (non-hydrogen) atoms. The maximum Gasteiger partial charge on any atom is 0.201 e. The largest absolute Gasteiger partial charge is 0.396 e. The van der Waals surface area contributed by atoms with Gasteiger partial charge in [0.1, 0.15) is 6.33 Å². The van der Waals surface area contributed by atoms with Crippen LogP contribution >= 0.6 is 0 Å². The van der Waals surface area contributed by atoms with Crippen LogP contribution in [0.25, 0.3) is 5.65 Å². The molecule has 1 fully saturated rings. The molecule has 0 aliphatic carbocycles. The van der Waals surface area contributed by atoms with Crippen molar-refractivity contribution in [3.8, 4) is 0 Å². The Morgan fingerprint density at radius 1 is 1.26 bits per heavy atom. The van der Waals surface area contributed by atoms with Crippen molar-refractivity contribution in [1.82, 2.24) is 24.7 Å². The molecule has 0 spiro atoms. The molecule has 0 unspecified atom stereocenters. The van der Waals surface area contributed by atoms with Crippen LogP contribution in [0.2, 0.25) is 0 Å². The van der Waals surface area contributed by atoms with Crippen molar-refractivity contribution < 1.29 is 5.11 Å². The van der Waals surface area contributed by atoms with Crippen LogP contribution in [0.4, 0.5) is 5.69 Å². The van der Waals surface area contributed by atoms with E-state index in [1.165, 1.54) is 0 Å². The van der Waals surface area contributed by atoms with Crippen molar-refractivity contribution >= 4 is 11.3 Å². The van der Waals surface area contributed by atoms with E-state index in [-0.39, 0.29) is 12.0 Å². The summed E-state index contributed by atoms with van der Waals surface area (Å²) in [6.07, 6.45) is 3.60. The molecule has 1 aliphatic heterocycles. The van der Waals surface area contributed by atoms with Crippen LogP contribution in [-0.4, -0.2) is 70.2 Å². The molecule has 0 bridgehead atoms. The average molecular weight is 318 g/mol. The number of fused-ring (bicyclic) bond motifs is 1. The monoisotopic (exact) mass is 318 g/mol. The number of hydrogen-bond donors (Lipinski definition) is 1. The van der Waals surface area contributed by atoms with Gasteiger partial charge in [0.15, 0.2) is 0 Å². The van der Waals surface area contributed by atoms with E-state index in [0.717, 1.165) is 55.1 Å². The first-order valence-electron chi connectivity index (χ1n) is 8.13. The molecule has 3 heterocycles. The Hall–Kier alpha value is -1.73. The first kappa shape index (κ1) is 16.1. The molecule has 0 saturated carbocycles. The van der Waals surface area contributed by atoms with E-state index in [1.54, 1.807) is 10.8 Å². The summed E-state index contributed by atoms with van der Waals surface area (Å²) in [7, 11) is 4.14. The number of aliphatic hydroxyl groups is 1. The molecule has 0 atom stereocenters. The third-order valence-corrected chi connectivity index (χ3v) is 5.03. The van der Waals surface area contributed by atoms with E-state index in [1.807, 2.05) is 6.92 Å². The number of aliphatic hydroxyl groups excluding tert-OH is 1. The van der Waals surface area contributed by atoms with Gasteiger partial charge in [-0.05, 0) is 46.3 Å². The van der Waals surface area contributed by atoms with E-state index >= 15 is 0 Å². The lowest BCUT2D eigenvalue weighted by Gasteiger charge is -2.43. The molecule has 1 N–H and O–H groups in total. The van der Waals surface area contributed by atoms with Gasteiger partial charge >= 0.3 is 0 Å². The van der Waals surface area contributed by atoms with Gasteiger partial charge in [-0.2, -0.15) is 9.61 Å². The highest BCUT2D eigenvalue weighted by molar-refractivity contribution is 5.72. The number of anilines is 1. The second-order valence-electron chi connectivity index (χ2n) is 7.04. The van der Waals surface area contributed by atoms with Gasteiger partial charge in [0.05, 0.1) is 18.0 Å². The van der Waals surface area contributed by atoms with Gasteiger partial charge < -0.3 is 14.9 Å². The van der Waals surface area contributed by atoms with Crippen molar-refractivity contribution in [3.63, 3.8) is 0 Å². The van der Waals surface area contributed by atoms with Gasteiger partial charge in [-0.3, -0.25) is 0 Å². The molecule has 126 valence electrons. The average Bonchev–Trinajstić information content (AvgIpc) is 2.97. The Labute approximate surface area is 136 Å². The summed E-state index contributed by atoms with van der Waals surface area (Å²) in [5.74, 6) is 0.